The van der Waals surface area contributed by atoms with Crippen molar-refractivity contribution >= 4 is 33.1 Å². The van der Waals surface area contributed by atoms with Gasteiger partial charge in [0.05, 0.1) is 16.9 Å². The van der Waals surface area contributed by atoms with Gasteiger partial charge in [0.25, 0.3) is 11.5 Å². The van der Waals surface area contributed by atoms with Crippen LogP contribution in [0.4, 0.5) is 5.69 Å². The van der Waals surface area contributed by atoms with Gasteiger partial charge in [-0.3, -0.25) is 19.1 Å². The van der Waals surface area contributed by atoms with Gasteiger partial charge < -0.3 is 15.2 Å². The van der Waals surface area contributed by atoms with Gasteiger partial charge in [-0.15, -0.1) is 11.3 Å². The minimum Gasteiger partial charge on any atom is -0.365 e. The first-order valence-electron chi connectivity index (χ1n) is 10.2. The summed E-state index contributed by atoms with van der Waals surface area (Å²) in [6.07, 6.45) is 0. The van der Waals surface area contributed by atoms with Gasteiger partial charge in [-0.25, -0.2) is 9.78 Å². The number of nitrogens with zero attached hydrogens (tertiary/aromatic N) is 4. The van der Waals surface area contributed by atoms with Crippen LogP contribution in [0.2, 0.25) is 0 Å². The lowest BCUT2D eigenvalue weighted by Gasteiger charge is -2.41. The monoisotopic (exact) mass is 442 g/mol. The summed E-state index contributed by atoms with van der Waals surface area (Å²) in [5.74, 6) is -0.188. The maximum Gasteiger partial charge on any atom is 0.328 e. The second-order valence-corrected chi connectivity index (χ2v) is 9.04. The van der Waals surface area contributed by atoms with Crippen molar-refractivity contribution < 1.29 is 4.79 Å². The number of aromatic amines is 1. The van der Waals surface area contributed by atoms with Gasteiger partial charge >= 0.3 is 5.69 Å². The molecular formula is C21H26N6O3S. The molecule has 3 aromatic heterocycles. The molecule has 1 amide bonds. The first-order valence-corrected chi connectivity index (χ1v) is 11.0. The molecule has 0 bridgehead atoms. The fourth-order valence-electron chi connectivity index (χ4n) is 4.08. The highest BCUT2D eigenvalue weighted by Crippen LogP contribution is 2.26. The van der Waals surface area contributed by atoms with E-state index in [-0.39, 0.29) is 17.5 Å². The molecule has 164 valence electrons. The Morgan fingerprint density at radius 3 is 2.77 bits per heavy atom. The molecule has 0 saturated carbocycles. The minimum atomic E-state index is -0.393. The fourth-order valence-corrected chi connectivity index (χ4v) is 5.21. The molecule has 0 aromatic carbocycles. The molecule has 1 saturated heterocycles. The van der Waals surface area contributed by atoms with Gasteiger partial charge in [0.1, 0.15) is 10.4 Å². The van der Waals surface area contributed by atoms with Crippen LogP contribution in [-0.4, -0.2) is 58.1 Å². The molecule has 31 heavy (non-hydrogen) atoms. The number of fused-ring (bicyclic) bond motifs is 1. The summed E-state index contributed by atoms with van der Waals surface area (Å²) in [5.41, 5.74) is 2.27. The maximum atomic E-state index is 12.3. The number of aryl methyl sites for hydroxylation is 1. The zero-order valence-electron chi connectivity index (χ0n) is 18.1. The lowest BCUT2D eigenvalue weighted by atomic mass is 10.1. The van der Waals surface area contributed by atoms with Crippen LogP contribution in [0.25, 0.3) is 10.2 Å². The SMILES string of the molecule is CNC(=O)c1ccc(N2CCN(Cc3cc4[nH]c(=O)n(C)c(=O)c4s3)CC2C)c(C)n1. The van der Waals surface area contributed by atoms with E-state index < -0.39 is 5.69 Å². The lowest BCUT2D eigenvalue weighted by Crippen LogP contribution is -2.51. The number of nitrogens with one attached hydrogen (secondary N) is 2. The summed E-state index contributed by atoms with van der Waals surface area (Å²) < 4.78 is 1.69. The van der Waals surface area contributed by atoms with Crippen LogP contribution < -0.4 is 21.5 Å². The smallest absolute Gasteiger partial charge is 0.328 e. The Bertz CT molecular complexity index is 1260. The van der Waals surface area contributed by atoms with Crippen molar-refractivity contribution in [2.45, 2.75) is 26.4 Å². The van der Waals surface area contributed by atoms with Crippen molar-refractivity contribution in [2.24, 2.45) is 7.05 Å². The van der Waals surface area contributed by atoms with E-state index in [9.17, 15) is 14.4 Å². The first kappa shape index (κ1) is 21.3. The van der Waals surface area contributed by atoms with Gasteiger partial charge in [0, 0.05) is 51.2 Å². The number of piperazine rings is 1. The highest BCUT2D eigenvalue weighted by Gasteiger charge is 2.26. The number of thiophene rings is 1. The molecule has 4 heterocycles. The van der Waals surface area contributed by atoms with Gasteiger partial charge in [-0.05, 0) is 32.0 Å². The molecule has 10 heteroatoms. The third-order valence-electron chi connectivity index (χ3n) is 5.75. The Kier molecular flexibility index (Phi) is 5.67. The number of H-pyrrole nitrogens is 1. The Morgan fingerprint density at radius 2 is 2.10 bits per heavy atom. The molecule has 0 radical (unpaired) electrons. The summed E-state index contributed by atoms with van der Waals surface area (Å²) in [6.45, 7) is 7.40. The molecular weight excluding hydrogens is 416 g/mol. The van der Waals surface area contributed by atoms with E-state index in [0.29, 0.717) is 15.9 Å². The minimum absolute atomic E-state index is 0.188. The number of hydrogen-bond acceptors (Lipinski definition) is 7. The summed E-state index contributed by atoms with van der Waals surface area (Å²) in [4.78, 5) is 49.0. The normalized spacial score (nSPS) is 17.3. The van der Waals surface area contributed by atoms with Crippen molar-refractivity contribution in [2.75, 3.05) is 31.6 Å². The van der Waals surface area contributed by atoms with E-state index in [1.807, 2.05) is 19.1 Å². The first-order chi connectivity index (χ1) is 14.8. The molecule has 2 N–H and O–H groups in total. The zero-order valence-corrected chi connectivity index (χ0v) is 18.9. The Balaban J connectivity index is 1.48. The summed E-state index contributed by atoms with van der Waals surface area (Å²) in [6, 6.07) is 5.91. The third kappa shape index (κ3) is 4.00. The summed E-state index contributed by atoms with van der Waals surface area (Å²) in [7, 11) is 3.08. The van der Waals surface area contributed by atoms with Crippen LogP contribution in [0.5, 0.6) is 0 Å². The third-order valence-corrected chi connectivity index (χ3v) is 6.85. The van der Waals surface area contributed by atoms with Crippen LogP contribution in [0.1, 0.15) is 28.0 Å². The van der Waals surface area contributed by atoms with Crippen LogP contribution >= 0.6 is 11.3 Å². The molecule has 3 aromatic rings. The topological polar surface area (TPSA) is 103 Å². The molecule has 4 rings (SSSR count). The second kappa shape index (κ2) is 8.27. The van der Waals surface area contributed by atoms with Gasteiger partial charge in [0.2, 0.25) is 0 Å². The largest absolute Gasteiger partial charge is 0.365 e. The Morgan fingerprint density at radius 1 is 1.32 bits per heavy atom. The molecule has 0 aliphatic carbocycles. The van der Waals surface area contributed by atoms with Gasteiger partial charge in [0.15, 0.2) is 0 Å². The molecule has 1 unspecified atom stereocenters. The van der Waals surface area contributed by atoms with E-state index in [1.54, 1.807) is 13.1 Å². The van der Waals surface area contributed by atoms with Crippen LogP contribution in [0.3, 0.4) is 0 Å². The van der Waals surface area contributed by atoms with E-state index in [1.165, 1.54) is 18.4 Å². The molecule has 1 fully saturated rings. The number of hydrogen-bond donors (Lipinski definition) is 2. The van der Waals surface area contributed by atoms with Crippen molar-refractivity contribution in [1.82, 2.24) is 24.8 Å². The van der Waals surface area contributed by atoms with Crippen LogP contribution in [0.15, 0.2) is 27.8 Å². The van der Waals surface area contributed by atoms with Crippen LogP contribution in [0, 0.1) is 6.92 Å². The predicted octanol–water partition coefficient (Wildman–Crippen LogP) is 1.06. The molecule has 1 aliphatic rings. The van der Waals surface area contributed by atoms with Crippen molar-refractivity contribution in [3.8, 4) is 0 Å². The van der Waals surface area contributed by atoms with E-state index in [4.69, 9.17) is 0 Å². The zero-order chi connectivity index (χ0) is 22.3. The van der Waals surface area contributed by atoms with Crippen molar-refractivity contribution in [3.05, 3.63) is 55.3 Å². The predicted molar refractivity (Wildman–Crippen MR) is 122 cm³/mol. The summed E-state index contributed by atoms with van der Waals surface area (Å²) >= 11 is 1.44. The van der Waals surface area contributed by atoms with E-state index >= 15 is 0 Å². The molecule has 1 atom stereocenters. The summed E-state index contributed by atoms with van der Waals surface area (Å²) in [5, 5.41) is 2.60. The number of rotatable bonds is 4. The highest BCUT2D eigenvalue weighted by atomic mass is 32.1. The Hall–Kier alpha value is -2.98. The molecule has 9 nitrogen and oxygen atoms in total. The fraction of sp³-hybridized carbons (Fsp3) is 0.429. The van der Waals surface area contributed by atoms with Crippen molar-refractivity contribution in [3.63, 3.8) is 0 Å². The average Bonchev–Trinajstić information content (AvgIpc) is 3.14. The van der Waals surface area contributed by atoms with E-state index in [0.717, 1.165) is 47.0 Å². The lowest BCUT2D eigenvalue weighted by molar-refractivity contribution is 0.0958. The number of carbonyl (C=O) groups is 1. The number of aromatic nitrogens is 3. The number of pyridine rings is 1. The van der Waals surface area contributed by atoms with Gasteiger partial charge in [-0.2, -0.15) is 0 Å². The van der Waals surface area contributed by atoms with E-state index in [2.05, 4.69) is 32.0 Å². The highest BCUT2D eigenvalue weighted by molar-refractivity contribution is 7.18. The van der Waals surface area contributed by atoms with Gasteiger partial charge in [-0.1, -0.05) is 0 Å². The number of amides is 1. The maximum absolute atomic E-state index is 12.3. The Labute approximate surface area is 183 Å². The second-order valence-electron chi connectivity index (χ2n) is 7.91. The average molecular weight is 443 g/mol. The standard InChI is InChI=1S/C21H26N6O3S/c1-12-10-26(11-14-9-16-18(31-14)20(29)25(4)21(30)24-16)7-8-27(12)17-6-5-15(19(28)22-3)23-13(17)2/h5-6,9,12H,7-8,10-11H2,1-4H3,(H,22,28)(H,24,30). The quantitative estimate of drug-likeness (QED) is 0.626. The number of anilines is 1. The van der Waals surface area contributed by atoms with Crippen molar-refractivity contribution in [1.29, 1.82) is 0 Å². The van der Waals surface area contributed by atoms with Crippen LogP contribution in [-0.2, 0) is 13.6 Å². The molecule has 0 spiro atoms. The number of carbonyl (C=O) groups excluding carboxylic acids is 1. The molecule has 1 aliphatic heterocycles.